The number of hydrogen-bond donors (Lipinski definition) is 1. The van der Waals surface area contributed by atoms with E-state index in [4.69, 9.17) is 11.6 Å². The van der Waals surface area contributed by atoms with Gasteiger partial charge in [0.25, 0.3) is 11.6 Å². The second kappa shape index (κ2) is 8.27. The van der Waals surface area contributed by atoms with Gasteiger partial charge in [0.1, 0.15) is 5.69 Å². The molecule has 1 amide bonds. The van der Waals surface area contributed by atoms with Crippen LogP contribution in [0.5, 0.6) is 0 Å². The predicted octanol–water partition coefficient (Wildman–Crippen LogP) is 5.50. The van der Waals surface area contributed by atoms with Gasteiger partial charge >= 0.3 is 0 Å². The molecule has 1 aliphatic rings. The van der Waals surface area contributed by atoms with Crippen molar-refractivity contribution in [2.45, 2.75) is 19.8 Å². The maximum Gasteiger partial charge on any atom is 0.294 e. The van der Waals surface area contributed by atoms with Crippen molar-refractivity contribution in [3.63, 3.8) is 0 Å². The van der Waals surface area contributed by atoms with Crippen molar-refractivity contribution < 1.29 is 9.72 Å². The van der Waals surface area contributed by atoms with Crippen LogP contribution in [-0.4, -0.2) is 23.9 Å². The summed E-state index contributed by atoms with van der Waals surface area (Å²) in [6.07, 6.45) is 1.95. The summed E-state index contributed by atoms with van der Waals surface area (Å²) in [5, 5.41) is 14.4. The number of amides is 1. The molecule has 3 rings (SSSR count). The highest BCUT2D eigenvalue weighted by molar-refractivity contribution is 9.10. The monoisotopic (exact) mass is 451 g/mol. The number of carbonyl (C=O) groups excluding carboxylic acids is 1. The molecule has 0 saturated carbocycles. The lowest BCUT2D eigenvalue weighted by molar-refractivity contribution is -0.384. The van der Waals surface area contributed by atoms with Gasteiger partial charge in [-0.2, -0.15) is 0 Å². The first kappa shape index (κ1) is 19.6. The minimum absolute atomic E-state index is 0.0452. The third kappa shape index (κ3) is 4.59. The van der Waals surface area contributed by atoms with Crippen LogP contribution in [-0.2, 0) is 0 Å². The number of carbonyl (C=O) groups is 1. The predicted molar refractivity (Wildman–Crippen MR) is 111 cm³/mol. The number of nitro groups is 1. The zero-order valence-electron chi connectivity index (χ0n) is 14.7. The largest absolute Gasteiger partial charge is 0.366 e. The Morgan fingerprint density at radius 1 is 1.26 bits per heavy atom. The number of halogens is 2. The first-order chi connectivity index (χ1) is 12.8. The van der Waals surface area contributed by atoms with Crippen LogP contribution in [0.4, 0.5) is 17.1 Å². The molecule has 8 heteroatoms. The fourth-order valence-corrected chi connectivity index (χ4v) is 3.56. The molecule has 0 unspecified atom stereocenters. The van der Waals surface area contributed by atoms with E-state index in [2.05, 4.69) is 28.2 Å². The van der Waals surface area contributed by atoms with E-state index in [1.807, 2.05) is 4.90 Å². The van der Waals surface area contributed by atoms with Crippen LogP contribution in [0.2, 0.25) is 5.02 Å². The summed E-state index contributed by atoms with van der Waals surface area (Å²) in [6.45, 7) is 3.66. The van der Waals surface area contributed by atoms with Gasteiger partial charge in [0.15, 0.2) is 0 Å². The van der Waals surface area contributed by atoms with Crippen molar-refractivity contribution in [1.82, 2.24) is 0 Å². The Balaban J connectivity index is 1.91. The number of rotatable bonds is 4. The van der Waals surface area contributed by atoms with Crippen molar-refractivity contribution in [1.29, 1.82) is 0 Å². The van der Waals surface area contributed by atoms with Crippen LogP contribution in [0, 0.1) is 16.0 Å². The van der Waals surface area contributed by atoms with Crippen LogP contribution in [0.15, 0.2) is 40.9 Å². The van der Waals surface area contributed by atoms with Gasteiger partial charge in [-0.25, -0.2) is 0 Å². The quantitative estimate of drug-likeness (QED) is 0.491. The van der Waals surface area contributed by atoms with Crippen LogP contribution in [0.1, 0.15) is 30.1 Å². The van der Waals surface area contributed by atoms with E-state index >= 15 is 0 Å². The first-order valence-electron chi connectivity index (χ1n) is 8.65. The van der Waals surface area contributed by atoms with Gasteiger partial charge in [-0.3, -0.25) is 14.9 Å². The van der Waals surface area contributed by atoms with E-state index in [1.54, 1.807) is 30.3 Å². The molecule has 2 aromatic rings. The van der Waals surface area contributed by atoms with Gasteiger partial charge in [-0.05, 0) is 49.1 Å². The molecule has 1 N–H and O–H groups in total. The van der Waals surface area contributed by atoms with Gasteiger partial charge in [0.2, 0.25) is 0 Å². The Hall–Kier alpha value is -2.12. The first-order valence-corrected chi connectivity index (χ1v) is 9.82. The zero-order valence-corrected chi connectivity index (χ0v) is 17.1. The SMILES string of the molecule is CC1CCN(c2cc(NC(=O)c3ccc(Br)cc3)c(Cl)cc2[N+](=O)[O-])CC1. The minimum atomic E-state index is -0.431. The summed E-state index contributed by atoms with van der Waals surface area (Å²) in [5.74, 6) is 0.278. The van der Waals surface area contributed by atoms with Crippen molar-refractivity contribution in [2.75, 3.05) is 23.3 Å². The number of hydrogen-bond acceptors (Lipinski definition) is 4. The molecule has 1 aliphatic heterocycles. The Morgan fingerprint density at radius 3 is 2.48 bits per heavy atom. The fraction of sp³-hybridized carbons (Fsp3) is 0.316. The number of piperidine rings is 1. The van der Waals surface area contributed by atoms with Crippen molar-refractivity contribution >= 4 is 50.5 Å². The zero-order chi connectivity index (χ0) is 19.6. The lowest BCUT2D eigenvalue weighted by Gasteiger charge is -2.32. The normalized spacial score (nSPS) is 14.9. The second-order valence-corrected chi connectivity index (χ2v) is 8.03. The van der Waals surface area contributed by atoms with E-state index in [9.17, 15) is 14.9 Å². The molecule has 0 aliphatic carbocycles. The topological polar surface area (TPSA) is 75.5 Å². The van der Waals surface area contributed by atoms with Gasteiger partial charge in [-0.15, -0.1) is 0 Å². The lowest BCUT2D eigenvalue weighted by atomic mass is 9.98. The average Bonchev–Trinajstić information content (AvgIpc) is 2.64. The number of nitrogens with zero attached hydrogens (tertiary/aromatic N) is 2. The smallest absolute Gasteiger partial charge is 0.294 e. The van der Waals surface area contributed by atoms with Gasteiger partial charge in [0.05, 0.1) is 15.6 Å². The molecule has 0 spiro atoms. The highest BCUT2D eigenvalue weighted by Gasteiger charge is 2.25. The van der Waals surface area contributed by atoms with E-state index in [-0.39, 0.29) is 16.6 Å². The lowest BCUT2D eigenvalue weighted by Crippen LogP contribution is -2.33. The third-order valence-corrected chi connectivity index (χ3v) is 5.58. The van der Waals surface area contributed by atoms with Crippen molar-refractivity contribution in [3.8, 4) is 0 Å². The second-order valence-electron chi connectivity index (χ2n) is 6.71. The van der Waals surface area contributed by atoms with Gasteiger partial charge < -0.3 is 10.2 Å². The summed E-state index contributed by atoms with van der Waals surface area (Å²) in [4.78, 5) is 25.5. The molecular weight excluding hydrogens is 434 g/mol. The number of nitro benzene ring substituents is 1. The molecule has 142 valence electrons. The molecule has 0 atom stereocenters. The highest BCUT2D eigenvalue weighted by atomic mass is 79.9. The molecule has 0 aromatic heterocycles. The molecule has 1 saturated heterocycles. The van der Waals surface area contributed by atoms with Crippen LogP contribution in [0.3, 0.4) is 0 Å². The van der Waals surface area contributed by atoms with E-state index in [0.717, 1.165) is 30.4 Å². The third-order valence-electron chi connectivity index (χ3n) is 4.74. The van der Waals surface area contributed by atoms with Crippen LogP contribution < -0.4 is 10.2 Å². The molecule has 27 heavy (non-hydrogen) atoms. The van der Waals surface area contributed by atoms with Crippen LogP contribution >= 0.6 is 27.5 Å². The number of benzene rings is 2. The van der Waals surface area contributed by atoms with Crippen LogP contribution in [0.25, 0.3) is 0 Å². The summed E-state index contributed by atoms with van der Waals surface area (Å²) in [7, 11) is 0. The molecule has 0 radical (unpaired) electrons. The molecule has 1 heterocycles. The average molecular weight is 453 g/mol. The Kier molecular flexibility index (Phi) is 6.01. The fourth-order valence-electron chi connectivity index (χ4n) is 3.09. The molecular formula is C19H19BrClN3O3. The number of nitrogens with one attached hydrogen (secondary N) is 1. The summed E-state index contributed by atoms with van der Waals surface area (Å²) in [5.41, 5.74) is 1.28. The molecule has 0 bridgehead atoms. The van der Waals surface area contributed by atoms with E-state index in [0.29, 0.717) is 22.9 Å². The Morgan fingerprint density at radius 2 is 1.89 bits per heavy atom. The maximum absolute atomic E-state index is 12.5. The number of anilines is 2. The Labute approximate surface area is 170 Å². The van der Waals surface area contributed by atoms with Gasteiger partial charge in [0, 0.05) is 29.2 Å². The minimum Gasteiger partial charge on any atom is -0.366 e. The maximum atomic E-state index is 12.5. The van der Waals surface area contributed by atoms with E-state index in [1.165, 1.54) is 6.07 Å². The van der Waals surface area contributed by atoms with Gasteiger partial charge in [-0.1, -0.05) is 34.5 Å². The molecule has 1 fully saturated rings. The highest BCUT2D eigenvalue weighted by Crippen LogP contribution is 2.38. The summed E-state index contributed by atoms with van der Waals surface area (Å²) >= 11 is 9.55. The van der Waals surface area contributed by atoms with Crippen molar-refractivity contribution in [2.24, 2.45) is 5.92 Å². The van der Waals surface area contributed by atoms with E-state index < -0.39 is 4.92 Å². The molecule has 6 nitrogen and oxygen atoms in total. The molecule has 2 aromatic carbocycles. The summed E-state index contributed by atoms with van der Waals surface area (Å²) in [6, 6.07) is 9.83. The standard InChI is InChI=1S/C19H19BrClN3O3/c1-12-6-8-23(9-7-12)17-11-16(15(21)10-18(17)24(26)27)22-19(25)13-2-4-14(20)5-3-13/h2-5,10-12H,6-9H2,1H3,(H,22,25). The van der Waals surface area contributed by atoms with Crippen molar-refractivity contribution in [3.05, 3.63) is 61.6 Å². The Bertz CT molecular complexity index is 865. The summed E-state index contributed by atoms with van der Waals surface area (Å²) < 4.78 is 0.869.